The van der Waals surface area contributed by atoms with Crippen LogP contribution in [0, 0.1) is 0 Å². The predicted molar refractivity (Wildman–Crippen MR) is 48.6 cm³/mol. The van der Waals surface area contributed by atoms with Crippen molar-refractivity contribution in [2.45, 2.75) is 6.54 Å². The Labute approximate surface area is 75.6 Å². The summed E-state index contributed by atoms with van der Waals surface area (Å²) >= 11 is 0. The molecule has 0 spiro atoms. The lowest BCUT2D eigenvalue weighted by molar-refractivity contribution is 0.339. The van der Waals surface area contributed by atoms with E-state index in [1.54, 1.807) is 6.08 Å². The molecule has 0 amide bonds. The van der Waals surface area contributed by atoms with Gasteiger partial charge in [0.25, 0.3) is 0 Å². The van der Waals surface area contributed by atoms with Crippen molar-refractivity contribution in [3.8, 4) is 5.75 Å². The molecule has 1 rings (SSSR count). The highest BCUT2D eigenvalue weighted by Gasteiger charge is 2.01. The Bertz CT molecular complexity index is 343. The summed E-state index contributed by atoms with van der Waals surface area (Å²) in [5.41, 5.74) is 5.05. The maximum absolute atomic E-state index is 11.2. The summed E-state index contributed by atoms with van der Waals surface area (Å²) in [5, 5.41) is 0. The van der Waals surface area contributed by atoms with Gasteiger partial charge < -0.3 is 14.9 Å². The van der Waals surface area contributed by atoms with Crippen molar-refractivity contribution in [2.24, 2.45) is 5.73 Å². The Balaban J connectivity index is 2.85. The summed E-state index contributed by atoms with van der Waals surface area (Å²) in [7, 11) is 0. The number of hydrogen-bond donors (Lipinski definition) is 1. The second-order valence-electron chi connectivity index (χ2n) is 2.38. The second kappa shape index (κ2) is 4.47. The van der Waals surface area contributed by atoms with Gasteiger partial charge in [-0.05, 0) is 0 Å². The molecule has 0 aliphatic rings. The third-order valence-electron chi connectivity index (χ3n) is 1.41. The minimum atomic E-state index is -0.228. The SMILES string of the molecule is C=CCOc1coc(CN)cc1=O. The van der Waals surface area contributed by atoms with E-state index in [-0.39, 0.29) is 24.3 Å². The van der Waals surface area contributed by atoms with Crippen LogP contribution in [0.3, 0.4) is 0 Å². The van der Waals surface area contributed by atoms with E-state index in [2.05, 4.69) is 6.58 Å². The van der Waals surface area contributed by atoms with Crippen LogP contribution in [0.25, 0.3) is 0 Å². The third kappa shape index (κ3) is 2.45. The fraction of sp³-hybridized carbons (Fsp3) is 0.222. The number of nitrogens with two attached hydrogens (primary N) is 1. The van der Waals surface area contributed by atoms with Crippen LogP contribution in [0.15, 0.2) is 34.2 Å². The van der Waals surface area contributed by atoms with Crippen LogP contribution < -0.4 is 15.9 Å². The van der Waals surface area contributed by atoms with Gasteiger partial charge in [0.2, 0.25) is 11.2 Å². The molecule has 1 heterocycles. The molecule has 4 heteroatoms. The molecule has 0 unspecified atom stereocenters. The molecule has 1 aromatic rings. The monoisotopic (exact) mass is 181 g/mol. The predicted octanol–water partition coefficient (Wildman–Crippen LogP) is 0.663. The smallest absolute Gasteiger partial charge is 0.227 e. The molecular formula is C9H11NO3. The zero-order valence-corrected chi connectivity index (χ0v) is 7.16. The van der Waals surface area contributed by atoms with Crippen LogP contribution in [-0.2, 0) is 6.54 Å². The van der Waals surface area contributed by atoms with Gasteiger partial charge >= 0.3 is 0 Å². The van der Waals surface area contributed by atoms with E-state index in [0.717, 1.165) is 0 Å². The Morgan fingerprint density at radius 3 is 3.00 bits per heavy atom. The van der Waals surface area contributed by atoms with Crippen molar-refractivity contribution in [1.82, 2.24) is 0 Å². The molecule has 0 aliphatic heterocycles. The number of rotatable bonds is 4. The maximum Gasteiger partial charge on any atom is 0.227 e. The van der Waals surface area contributed by atoms with E-state index >= 15 is 0 Å². The highest BCUT2D eigenvalue weighted by Crippen LogP contribution is 2.04. The van der Waals surface area contributed by atoms with E-state index in [1.807, 2.05) is 0 Å². The van der Waals surface area contributed by atoms with Crippen molar-refractivity contribution in [1.29, 1.82) is 0 Å². The molecule has 70 valence electrons. The minimum Gasteiger partial charge on any atom is -0.482 e. The summed E-state index contributed by atoms with van der Waals surface area (Å²) in [5.74, 6) is 0.619. The second-order valence-corrected chi connectivity index (χ2v) is 2.38. The van der Waals surface area contributed by atoms with Gasteiger partial charge in [0, 0.05) is 6.07 Å². The van der Waals surface area contributed by atoms with E-state index in [4.69, 9.17) is 14.9 Å². The molecule has 0 aliphatic carbocycles. The quantitative estimate of drug-likeness (QED) is 0.693. The highest BCUT2D eigenvalue weighted by molar-refractivity contribution is 5.17. The first-order valence-electron chi connectivity index (χ1n) is 3.83. The zero-order valence-electron chi connectivity index (χ0n) is 7.16. The van der Waals surface area contributed by atoms with Gasteiger partial charge in [-0.3, -0.25) is 4.79 Å². The summed E-state index contributed by atoms with van der Waals surface area (Å²) in [6.07, 6.45) is 2.81. The molecule has 1 aromatic heterocycles. The van der Waals surface area contributed by atoms with Crippen LogP contribution in [0.2, 0.25) is 0 Å². The van der Waals surface area contributed by atoms with Crippen molar-refractivity contribution in [2.75, 3.05) is 6.61 Å². The lowest BCUT2D eigenvalue weighted by atomic mass is 10.4. The van der Waals surface area contributed by atoms with Crippen molar-refractivity contribution in [3.05, 3.63) is 41.0 Å². The average Bonchev–Trinajstić information content (AvgIpc) is 2.16. The molecule has 4 nitrogen and oxygen atoms in total. The molecule has 13 heavy (non-hydrogen) atoms. The fourth-order valence-electron chi connectivity index (χ4n) is 0.800. The van der Waals surface area contributed by atoms with Gasteiger partial charge in [-0.25, -0.2) is 0 Å². The lowest BCUT2D eigenvalue weighted by Gasteiger charge is -2.01. The number of hydrogen-bond acceptors (Lipinski definition) is 4. The average molecular weight is 181 g/mol. The molecular weight excluding hydrogens is 170 g/mol. The fourth-order valence-corrected chi connectivity index (χ4v) is 0.800. The Morgan fingerprint density at radius 2 is 2.46 bits per heavy atom. The summed E-state index contributed by atoms with van der Waals surface area (Å²) in [6, 6.07) is 1.32. The maximum atomic E-state index is 11.2. The standard InChI is InChI=1S/C9H11NO3/c1-2-3-12-9-6-13-7(5-10)4-8(9)11/h2,4,6H,1,3,5,10H2. The topological polar surface area (TPSA) is 65.5 Å². The van der Waals surface area contributed by atoms with Gasteiger partial charge in [-0.2, -0.15) is 0 Å². The van der Waals surface area contributed by atoms with Gasteiger partial charge in [0.15, 0.2) is 0 Å². The Hall–Kier alpha value is -1.55. The largest absolute Gasteiger partial charge is 0.482 e. The Morgan fingerprint density at radius 1 is 1.69 bits per heavy atom. The van der Waals surface area contributed by atoms with Gasteiger partial charge in [-0.1, -0.05) is 12.7 Å². The first-order valence-corrected chi connectivity index (χ1v) is 3.83. The van der Waals surface area contributed by atoms with E-state index in [1.165, 1.54) is 12.3 Å². The lowest BCUT2D eigenvalue weighted by Crippen LogP contribution is -2.09. The summed E-state index contributed by atoms with van der Waals surface area (Å²) in [6.45, 7) is 3.95. The molecule has 0 saturated carbocycles. The molecule has 0 fully saturated rings. The van der Waals surface area contributed by atoms with Crippen molar-refractivity contribution in [3.63, 3.8) is 0 Å². The van der Waals surface area contributed by atoms with E-state index in [9.17, 15) is 4.79 Å². The minimum absolute atomic E-state index is 0.178. The van der Waals surface area contributed by atoms with E-state index < -0.39 is 0 Å². The number of ether oxygens (including phenoxy) is 1. The van der Waals surface area contributed by atoms with Crippen LogP contribution in [-0.4, -0.2) is 6.61 Å². The van der Waals surface area contributed by atoms with Crippen LogP contribution >= 0.6 is 0 Å². The molecule has 2 N–H and O–H groups in total. The van der Waals surface area contributed by atoms with E-state index in [0.29, 0.717) is 5.76 Å². The van der Waals surface area contributed by atoms with Crippen LogP contribution in [0.5, 0.6) is 5.75 Å². The van der Waals surface area contributed by atoms with Crippen LogP contribution in [0.4, 0.5) is 0 Å². The summed E-state index contributed by atoms with van der Waals surface area (Å²) in [4.78, 5) is 11.2. The molecule has 0 aromatic carbocycles. The summed E-state index contributed by atoms with van der Waals surface area (Å²) < 4.78 is 10.0. The Kier molecular flexibility index (Phi) is 3.28. The molecule has 0 saturated heterocycles. The van der Waals surface area contributed by atoms with Crippen molar-refractivity contribution >= 4 is 0 Å². The zero-order chi connectivity index (χ0) is 9.68. The van der Waals surface area contributed by atoms with Gasteiger partial charge in [-0.15, -0.1) is 0 Å². The van der Waals surface area contributed by atoms with Crippen molar-refractivity contribution < 1.29 is 9.15 Å². The van der Waals surface area contributed by atoms with Gasteiger partial charge in [0.05, 0.1) is 6.54 Å². The van der Waals surface area contributed by atoms with Crippen LogP contribution in [0.1, 0.15) is 5.76 Å². The first-order chi connectivity index (χ1) is 6.27. The highest BCUT2D eigenvalue weighted by atomic mass is 16.5. The van der Waals surface area contributed by atoms with Gasteiger partial charge in [0.1, 0.15) is 18.6 Å². The third-order valence-corrected chi connectivity index (χ3v) is 1.41. The molecule has 0 atom stereocenters. The normalized spacial score (nSPS) is 9.62. The molecule has 0 radical (unpaired) electrons. The first kappa shape index (κ1) is 9.54. The molecule has 0 bridgehead atoms.